The molecule has 2 aromatic rings. The molecule has 2 aliphatic rings. The van der Waals surface area contributed by atoms with Gasteiger partial charge in [0.25, 0.3) is 0 Å². The molecule has 1 aliphatic heterocycles. The minimum absolute atomic E-state index is 0.429. The van der Waals surface area contributed by atoms with Gasteiger partial charge in [0.05, 0.1) is 16.9 Å². The summed E-state index contributed by atoms with van der Waals surface area (Å²) in [6, 6.07) is 11.0. The van der Waals surface area contributed by atoms with Crippen molar-refractivity contribution in [3.8, 4) is 0 Å². The zero-order valence-electron chi connectivity index (χ0n) is 10.8. The Morgan fingerprint density at radius 2 is 2.11 bits per heavy atom. The normalized spacial score (nSPS) is 21.9. The molecule has 2 heterocycles. The van der Waals surface area contributed by atoms with Crippen molar-refractivity contribution < 1.29 is 0 Å². The van der Waals surface area contributed by atoms with Gasteiger partial charge in [-0.1, -0.05) is 24.3 Å². The summed E-state index contributed by atoms with van der Waals surface area (Å²) < 4.78 is 0. The van der Waals surface area contributed by atoms with E-state index in [1.165, 1.54) is 22.7 Å². The van der Waals surface area contributed by atoms with Crippen LogP contribution in [-0.2, 0) is 0 Å². The van der Waals surface area contributed by atoms with E-state index in [0.717, 1.165) is 30.4 Å². The van der Waals surface area contributed by atoms with Crippen LogP contribution in [0.15, 0.2) is 30.3 Å². The number of rotatable bonds is 0. The van der Waals surface area contributed by atoms with Gasteiger partial charge in [-0.05, 0) is 31.5 Å². The van der Waals surface area contributed by atoms with E-state index in [-0.39, 0.29) is 0 Å². The number of nitrogens with zero attached hydrogens (tertiary/aromatic N) is 1. The van der Waals surface area contributed by atoms with E-state index in [1.807, 2.05) is 6.07 Å². The Hall–Kier alpha value is -1.87. The molecule has 4 rings (SSSR count). The largest absolute Gasteiger partial charge is 0.386 e. The van der Waals surface area contributed by atoms with E-state index in [2.05, 4.69) is 41.0 Å². The van der Waals surface area contributed by atoms with Gasteiger partial charge < -0.3 is 10.6 Å². The van der Waals surface area contributed by atoms with Gasteiger partial charge in [0.1, 0.15) is 0 Å². The van der Waals surface area contributed by atoms with Crippen molar-refractivity contribution in [1.82, 2.24) is 15.6 Å². The van der Waals surface area contributed by atoms with E-state index < -0.39 is 0 Å². The van der Waals surface area contributed by atoms with E-state index in [9.17, 15) is 0 Å². The van der Waals surface area contributed by atoms with Crippen LogP contribution in [0, 0.1) is 0 Å². The Morgan fingerprint density at radius 1 is 1.16 bits per heavy atom. The molecule has 96 valence electrons. The van der Waals surface area contributed by atoms with E-state index in [1.54, 1.807) is 0 Å². The molecule has 1 fully saturated rings. The molecule has 3 heteroatoms. The highest BCUT2D eigenvalue weighted by molar-refractivity contribution is 5.79. The van der Waals surface area contributed by atoms with Crippen LogP contribution in [-0.4, -0.2) is 24.1 Å². The average molecular weight is 251 g/mol. The first-order chi connectivity index (χ1) is 9.42. The number of aromatic nitrogens is 1. The molecule has 0 saturated carbocycles. The summed E-state index contributed by atoms with van der Waals surface area (Å²) >= 11 is 0. The molecule has 2 N–H and O–H groups in total. The van der Waals surface area contributed by atoms with Gasteiger partial charge in [0.15, 0.2) is 0 Å². The number of pyridine rings is 1. The number of fused-ring (bicyclic) bond motifs is 3. The number of para-hydroxylation sites is 1. The monoisotopic (exact) mass is 251 g/mol. The second-order valence-electron chi connectivity index (χ2n) is 5.25. The van der Waals surface area contributed by atoms with Gasteiger partial charge in [-0.2, -0.15) is 0 Å². The third-order valence-corrected chi connectivity index (χ3v) is 4.00. The topological polar surface area (TPSA) is 37.0 Å². The number of benzene rings is 1. The van der Waals surface area contributed by atoms with Gasteiger partial charge >= 0.3 is 0 Å². The molecule has 0 amide bonds. The fourth-order valence-corrected chi connectivity index (χ4v) is 3.03. The van der Waals surface area contributed by atoms with E-state index >= 15 is 0 Å². The fraction of sp³-hybridized carbons (Fsp3) is 0.312. The Labute approximate surface area is 112 Å². The number of hydrogen-bond acceptors (Lipinski definition) is 3. The molecule has 3 nitrogen and oxygen atoms in total. The predicted molar refractivity (Wildman–Crippen MR) is 77.9 cm³/mol. The lowest BCUT2D eigenvalue weighted by atomic mass is 10.0. The quantitative estimate of drug-likeness (QED) is 0.715. The van der Waals surface area contributed by atoms with Crippen LogP contribution < -0.4 is 21.2 Å². The molecule has 1 unspecified atom stereocenters. The molecular weight excluding hydrogens is 234 g/mol. The van der Waals surface area contributed by atoms with Crippen molar-refractivity contribution in [2.75, 3.05) is 13.1 Å². The minimum atomic E-state index is 0.429. The van der Waals surface area contributed by atoms with E-state index in [4.69, 9.17) is 4.98 Å². The van der Waals surface area contributed by atoms with Crippen LogP contribution in [0.2, 0.25) is 0 Å². The van der Waals surface area contributed by atoms with Crippen LogP contribution in [0.3, 0.4) is 0 Å². The Balaban J connectivity index is 2.04. The molecule has 1 aliphatic carbocycles. The lowest BCUT2D eigenvalue weighted by Gasteiger charge is -2.21. The van der Waals surface area contributed by atoms with Gasteiger partial charge in [-0.25, -0.2) is 4.98 Å². The van der Waals surface area contributed by atoms with Crippen LogP contribution in [0.1, 0.15) is 12.8 Å². The smallest absolute Gasteiger partial charge is 0.0709 e. The summed E-state index contributed by atoms with van der Waals surface area (Å²) in [6.07, 6.45) is 4.47. The molecule has 0 radical (unpaired) electrons. The molecule has 0 bridgehead atoms. The lowest BCUT2D eigenvalue weighted by Crippen LogP contribution is -2.45. The van der Waals surface area contributed by atoms with Crippen LogP contribution in [0.25, 0.3) is 22.7 Å². The number of nitrogens with one attached hydrogen (secondary N) is 2. The van der Waals surface area contributed by atoms with Crippen LogP contribution in [0.4, 0.5) is 0 Å². The Kier molecular flexibility index (Phi) is 2.52. The van der Waals surface area contributed by atoms with Gasteiger partial charge in [0.2, 0.25) is 0 Å². The standard InChI is InChI=1S/C16H17N3/c1-2-5-13-11(4-1)10-12-14(19-13)6-7-15-16(12)18-9-3-8-17-15/h1-2,4-6,10,15,17-18H,3,7-9H2. The Morgan fingerprint density at radius 3 is 3.11 bits per heavy atom. The first kappa shape index (κ1) is 11.0. The fourth-order valence-electron chi connectivity index (χ4n) is 3.03. The van der Waals surface area contributed by atoms with Crippen molar-refractivity contribution in [3.63, 3.8) is 0 Å². The van der Waals surface area contributed by atoms with Crippen molar-refractivity contribution in [1.29, 1.82) is 0 Å². The average Bonchev–Trinajstić information content (AvgIpc) is 2.70. The van der Waals surface area contributed by atoms with Crippen molar-refractivity contribution >= 4 is 22.7 Å². The Bertz CT molecular complexity index is 748. The highest BCUT2D eigenvalue weighted by Crippen LogP contribution is 2.12. The molecule has 1 atom stereocenters. The number of hydrogen-bond donors (Lipinski definition) is 2. The van der Waals surface area contributed by atoms with Crippen molar-refractivity contribution in [2.45, 2.75) is 18.9 Å². The maximum absolute atomic E-state index is 4.79. The molecule has 19 heavy (non-hydrogen) atoms. The zero-order valence-corrected chi connectivity index (χ0v) is 10.8. The van der Waals surface area contributed by atoms with Gasteiger partial charge in [-0.3, -0.25) is 0 Å². The summed E-state index contributed by atoms with van der Waals surface area (Å²) in [7, 11) is 0. The summed E-state index contributed by atoms with van der Waals surface area (Å²) in [4.78, 5) is 4.79. The summed E-state index contributed by atoms with van der Waals surface area (Å²) in [6.45, 7) is 2.14. The highest BCUT2D eigenvalue weighted by atomic mass is 15.0. The second kappa shape index (κ2) is 4.35. The summed E-state index contributed by atoms with van der Waals surface area (Å²) in [5.74, 6) is 0. The second-order valence-corrected chi connectivity index (χ2v) is 5.25. The van der Waals surface area contributed by atoms with Crippen molar-refractivity contribution in [3.05, 3.63) is 40.9 Å². The maximum atomic E-state index is 4.79. The molecule has 1 saturated heterocycles. The third kappa shape index (κ3) is 1.81. The van der Waals surface area contributed by atoms with Crippen LogP contribution in [0.5, 0.6) is 0 Å². The SMILES string of the molecule is C1=c2nc3ccccc3cc2=C2NCCCNC2C1. The first-order valence-corrected chi connectivity index (χ1v) is 6.99. The van der Waals surface area contributed by atoms with E-state index in [0.29, 0.717) is 6.04 Å². The maximum Gasteiger partial charge on any atom is 0.0709 e. The third-order valence-electron chi connectivity index (χ3n) is 4.00. The molecular formula is C16H17N3. The molecule has 1 aromatic carbocycles. The summed E-state index contributed by atoms with van der Waals surface area (Å²) in [5.41, 5.74) is 2.41. The molecule has 0 spiro atoms. The first-order valence-electron chi connectivity index (χ1n) is 6.99. The highest BCUT2D eigenvalue weighted by Gasteiger charge is 2.19. The predicted octanol–water partition coefficient (Wildman–Crippen LogP) is 0.479. The van der Waals surface area contributed by atoms with Crippen LogP contribution >= 0.6 is 0 Å². The minimum Gasteiger partial charge on any atom is -0.386 e. The summed E-state index contributed by atoms with van der Waals surface area (Å²) in [5, 5.41) is 10.8. The van der Waals surface area contributed by atoms with Crippen molar-refractivity contribution in [2.24, 2.45) is 0 Å². The zero-order chi connectivity index (χ0) is 12.7. The molecule has 1 aromatic heterocycles. The van der Waals surface area contributed by atoms with Gasteiger partial charge in [0, 0.05) is 22.8 Å². The van der Waals surface area contributed by atoms with Gasteiger partial charge in [-0.15, -0.1) is 0 Å². The lowest BCUT2D eigenvalue weighted by molar-refractivity contribution is 0.621.